The molecule has 2 aromatic heterocycles. The number of nitro benzene ring substituents is 1. The second-order valence-corrected chi connectivity index (χ2v) is 10.6. The van der Waals surface area contributed by atoms with Crippen LogP contribution in [0.5, 0.6) is 11.5 Å². The fourth-order valence-corrected chi connectivity index (χ4v) is 5.12. The zero-order valence-electron chi connectivity index (χ0n) is 25.2. The molecule has 0 aliphatic heterocycles. The van der Waals surface area contributed by atoms with E-state index in [1.807, 2.05) is 60.7 Å². The van der Waals surface area contributed by atoms with E-state index < -0.39 is 10.8 Å². The normalized spacial score (nSPS) is 11.2. The van der Waals surface area contributed by atoms with Crippen LogP contribution in [0.1, 0.15) is 38.8 Å². The van der Waals surface area contributed by atoms with Crippen LogP contribution < -0.4 is 14.9 Å². The summed E-state index contributed by atoms with van der Waals surface area (Å²) in [4.78, 5) is 23.3. The summed E-state index contributed by atoms with van der Waals surface area (Å²) in [6, 6.07) is 32.9. The number of hydrazone groups is 1. The molecule has 0 atom stereocenters. The predicted molar refractivity (Wildman–Crippen MR) is 175 cm³/mol. The Labute approximate surface area is 264 Å². The molecule has 0 radical (unpaired) electrons. The molecule has 1 amide bonds. The Morgan fingerprint density at radius 1 is 0.870 bits per heavy atom. The SMILES string of the molecule is Cc1ccc(C)n1-c1ccc(OCc2ccc(C(=O)N/N=C/c3c(OCc4ccc([N+](=O)[O-])cc4)ccc4ccccc34)o2)cc1. The maximum Gasteiger partial charge on any atom is 0.307 e. The molecule has 6 aromatic rings. The van der Waals surface area contributed by atoms with E-state index in [4.69, 9.17) is 13.9 Å². The molecule has 0 saturated carbocycles. The van der Waals surface area contributed by atoms with Gasteiger partial charge in [0.2, 0.25) is 0 Å². The van der Waals surface area contributed by atoms with Crippen LogP contribution in [0.25, 0.3) is 16.5 Å². The van der Waals surface area contributed by atoms with E-state index in [1.54, 1.807) is 24.3 Å². The molecule has 0 aliphatic carbocycles. The second-order valence-electron chi connectivity index (χ2n) is 10.6. The quantitative estimate of drug-likeness (QED) is 0.0908. The number of aromatic nitrogens is 1. The van der Waals surface area contributed by atoms with Gasteiger partial charge in [0.05, 0.1) is 11.1 Å². The van der Waals surface area contributed by atoms with Gasteiger partial charge in [0.15, 0.2) is 5.76 Å². The van der Waals surface area contributed by atoms with Gasteiger partial charge in [-0.15, -0.1) is 0 Å². The Hall–Kier alpha value is -6.16. The van der Waals surface area contributed by atoms with Crippen molar-refractivity contribution in [3.8, 4) is 17.2 Å². The Balaban J connectivity index is 1.09. The van der Waals surface area contributed by atoms with Crippen molar-refractivity contribution in [1.29, 1.82) is 0 Å². The van der Waals surface area contributed by atoms with E-state index in [-0.39, 0.29) is 24.7 Å². The lowest BCUT2D eigenvalue weighted by Gasteiger charge is -2.12. The number of amides is 1. The summed E-state index contributed by atoms with van der Waals surface area (Å²) in [7, 11) is 0. The van der Waals surface area contributed by atoms with Gasteiger partial charge in [-0.2, -0.15) is 5.10 Å². The number of fused-ring (bicyclic) bond motifs is 1. The van der Waals surface area contributed by atoms with Crippen LogP contribution in [-0.4, -0.2) is 21.6 Å². The summed E-state index contributed by atoms with van der Waals surface area (Å²) in [5.41, 5.74) is 7.33. The smallest absolute Gasteiger partial charge is 0.307 e. The van der Waals surface area contributed by atoms with E-state index >= 15 is 0 Å². The largest absolute Gasteiger partial charge is 0.488 e. The first-order chi connectivity index (χ1) is 22.4. The lowest BCUT2D eigenvalue weighted by molar-refractivity contribution is -0.384. The molecule has 4 aromatic carbocycles. The number of hydrogen-bond acceptors (Lipinski definition) is 7. The van der Waals surface area contributed by atoms with Gasteiger partial charge >= 0.3 is 5.91 Å². The molecule has 0 spiro atoms. The number of carbonyl (C=O) groups excluding carboxylic acids is 1. The number of ether oxygens (including phenoxy) is 2. The Bertz CT molecular complexity index is 2020. The molecule has 230 valence electrons. The van der Waals surface area contributed by atoms with Crippen LogP contribution in [0.15, 0.2) is 119 Å². The highest BCUT2D eigenvalue weighted by Crippen LogP contribution is 2.28. The van der Waals surface area contributed by atoms with Crippen molar-refractivity contribution in [2.45, 2.75) is 27.1 Å². The van der Waals surface area contributed by atoms with Crippen LogP contribution >= 0.6 is 0 Å². The van der Waals surface area contributed by atoms with Crippen LogP contribution in [0.2, 0.25) is 0 Å². The maximum absolute atomic E-state index is 12.8. The minimum absolute atomic E-state index is 0.0120. The number of aryl methyl sites for hydroxylation is 2. The van der Waals surface area contributed by atoms with Crippen LogP contribution in [-0.2, 0) is 13.2 Å². The second kappa shape index (κ2) is 13.2. The number of nitrogens with zero attached hydrogens (tertiary/aromatic N) is 3. The van der Waals surface area contributed by atoms with Crippen molar-refractivity contribution in [3.05, 3.63) is 153 Å². The third kappa shape index (κ3) is 6.66. The molecule has 0 unspecified atom stereocenters. The van der Waals surface area contributed by atoms with Crippen LogP contribution in [0.3, 0.4) is 0 Å². The van der Waals surface area contributed by atoms with Gasteiger partial charge < -0.3 is 18.5 Å². The van der Waals surface area contributed by atoms with Crippen molar-refractivity contribution in [2.24, 2.45) is 5.10 Å². The summed E-state index contributed by atoms with van der Waals surface area (Å²) < 4.78 is 19.8. The third-order valence-electron chi connectivity index (χ3n) is 7.46. The number of nitro groups is 1. The first-order valence-electron chi connectivity index (χ1n) is 14.5. The molecule has 10 nitrogen and oxygen atoms in total. The van der Waals surface area contributed by atoms with Gasteiger partial charge in [0, 0.05) is 34.8 Å². The average molecular weight is 615 g/mol. The minimum Gasteiger partial charge on any atom is -0.488 e. The van der Waals surface area contributed by atoms with Gasteiger partial charge in [0.25, 0.3) is 5.69 Å². The maximum atomic E-state index is 12.8. The summed E-state index contributed by atoms with van der Waals surface area (Å²) >= 11 is 0. The third-order valence-corrected chi connectivity index (χ3v) is 7.46. The minimum atomic E-state index is -0.516. The molecule has 10 heteroatoms. The fourth-order valence-electron chi connectivity index (χ4n) is 5.12. The van der Waals surface area contributed by atoms with Crippen molar-refractivity contribution >= 4 is 28.6 Å². The van der Waals surface area contributed by atoms with Crippen LogP contribution in [0.4, 0.5) is 5.69 Å². The van der Waals surface area contributed by atoms with Crippen molar-refractivity contribution in [1.82, 2.24) is 9.99 Å². The zero-order valence-corrected chi connectivity index (χ0v) is 25.2. The fraction of sp³-hybridized carbons (Fsp3) is 0.111. The molecule has 0 bridgehead atoms. The lowest BCUT2D eigenvalue weighted by atomic mass is 10.0. The zero-order chi connectivity index (χ0) is 32.0. The van der Waals surface area contributed by atoms with Crippen molar-refractivity contribution in [2.75, 3.05) is 0 Å². The Morgan fingerprint density at radius 2 is 1.61 bits per heavy atom. The molecule has 46 heavy (non-hydrogen) atoms. The highest BCUT2D eigenvalue weighted by molar-refractivity contribution is 6.03. The molecule has 6 rings (SSSR count). The number of hydrogen-bond donors (Lipinski definition) is 1. The Morgan fingerprint density at radius 3 is 2.35 bits per heavy atom. The first-order valence-corrected chi connectivity index (χ1v) is 14.5. The molecule has 0 saturated heterocycles. The summed E-state index contributed by atoms with van der Waals surface area (Å²) in [6.45, 7) is 4.48. The monoisotopic (exact) mass is 614 g/mol. The molecule has 1 N–H and O–H groups in total. The predicted octanol–water partition coefficient (Wildman–Crippen LogP) is 7.67. The molecular formula is C36H30N4O6. The van der Waals surface area contributed by atoms with E-state index in [9.17, 15) is 14.9 Å². The van der Waals surface area contributed by atoms with Crippen molar-refractivity contribution in [3.63, 3.8) is 0 Å². The summed E-state index contributed by atoms with van der Waals surface area (Å²) in [5.74, 6) is 1.29. The number of nitrogens with one attached hydrogen (secondary N) is 1. The van der Waals surface area contributed by atoms with Gasteiger partial charge in [-0.05, 0) is 96.9 Å². The molecule has 2 heterocycles. The van der Waals surface area contributed by atoms with Gasteiger partial charge in [-0.25, -0.2) is 5.43 Å². The van der Waals surface area contributed by atoms with E-state index in [2.05, 4.69) is 41.1 Å². The van der Waals surface area contributed by atoms with Gasteiger partial charge in [-0.1, -0.05) is 30.3 Å². The topological polar surface area (TPSA) is 121 Å². The molecule has 0 aliphatic rings. The van der Waals surface area contributed by atoms with Gasteiger partial charge in [0.1, 0.15) is 30.5 Å². The number of non-ortho nitro benzene ring substituents is 1. The van der Waals surface area contributed by atoms with E-state index in [0.717, 1.165) is 33.4 Å². The number of carbonyl (C=O) groups is 1. The Kier molecular flexibility index (Phi) is 8.60. The average Bonchev–Trinajstić information content (AvgIpc) is 3.69. The van der Waals surface area contributed by atoms with Gasteiger partial charge in [-0.3, -0.25) is 14.9 Å². The lowest BCUT2D eigenvalue weighted by Crippen LogP contribution is -2.17. The highest BCUT2D eigenvalue weighted by Gasteiger charge is 2.13. The first kappa shape index (κ1) is 29.9. The standard InChI is InChI=1S/C36H30N4O6/c1-24-7-8-25(2)39(24)28-14-16-30(17-15-28)44-23-31-18-20-35(46-31)36(41)38-37-21-33-32-6-4-3-5-27(32)11-19-34(33)45-22-26-9-12-29(13-10-26)40(42)43/h3-21H,22-23H2,1-2H3,(H,38,41)/b37-21+. The number of benzene rings is 4. The number of furan rings is 1. The molecular weight excluding hydrogens is 584 g/mol. The summed E-state index contributed by atoms with van der Waals surface area (Å²) in [5, 5.41) is 17.0. The van der Waals surface area contributed by atoms with E-state index in [0.29, 0.717) is 22.8 Å². The van der Waals surface area contributed by atoms with Crippen LogP contribution in [0, 0.1) is 24.0 Å². The number of rotatable bonds is 11. The summed E-state index contributed by atoms with van der Waals surface area (Å²) in [6.07, 6.45) is 1.53. The van der Waals surface area contributed by atoms with Crippen molar-refractivity contribution < 1.29 is 23.6 Å². The van der Waals surface area contributed by atoms with E-state index in [1.165, 1.54) is 18.3 Å². The highest BCUT2D eigenvalue weighted by atomic mass is 16.6. The molecule has 0 fully saturated rings.